The van der Waals surface area contributed by atoms with Crippen molar-refractivity contribution in [1.29, 1.82) is 0 Å². The average Bonchev–Trinajstić information content (AvgIpc) is 2.37. The van der Waals surface area contributed by atoms with Gasteiger partial charge in [-0.25, -0.2) is 0 Å². The fourth-order valence-corrected chi connectivity index (χ4v) is 2.65. The molecule has 4 heteroatoms. The van der Waals surface area contributed by atoms with Crippen LogP contribution in [0.15, 0.2) is 0 Å². The van der Waals surface area contributed by atoms with Gasteiger partial charge in [0.2, 0.25) is 5.91 Å². The fourth-order valence-electron chi connectivity index (χ4n) is 2.65. The van der Waals surface area contributed by atoms with Gasteiger partial charge in [-0.2, -0.15) is 0 Å². The number of amides is 1. The van der Waals surface area contributed by atoms with Crippen LogP contribution in [0.3, 0.4) is 0 Å². The zero-order valence-electron chi connectivity index (χ0n) is 12.9. The third-order valence-electron chi connectivity index (χ3n) is 3.89. The van der Waals surface area contributed by atoms with Crippen LogP contribution in [0.5, 0.6) is 0 Å². The highest BCUT2D eigenvalue weighted by Gasteiger charge is 2.23. The summed E-state index contributed by atoms with van der Waals surface area (Å²) in [5.41, 5.74) is -0.278. The van der Waals surface area contributed by atoms with Crippen molar-refractivity contribution in [2.75, 3.05) is 26.2 Å². The number of hydrogen-bond donors (Lipinski definition) is 2. The lowest BCUT2D eigenvalue weighted by atomic mass is 9.85. The summed E-state index contributed by atoms with van der Waals surface area (Å²) in [6.45, 7) is 11.6. The van der Waals surface area contributed by atoms with E-state index >= 15 is 0 Å². The first-order valence-electron chi connectivity index (χ1n) is 7.56. The molecule has 1 rings (SSSR count). The third kappa shape index (κ3) is 6.39. The Morgan fingerprint density at radius 3 is 2.84 bits per heavy atom. The Kier molecular flexibility index (Phi) is 6.80. The van der Waals surface area contributed by atoms with Crippen molar-refractivity contribution >= 4 is 5.91 Å². The van der Waals surface area contributed by atoms with Crippen LogP contribution in [0.2, 0.25) is 0 Å². The van der Waals surface area contributed by atoms with Gasteiger partial charge in [-0.3, -0.25) is 4.79 Å². The first-order valence-corrected chi connectivity index (χ1v) is 7.56. The molecule has 0 aromatic carbocycles. The minimum absolute atomic E-state index is 0.144. The van der Waals surface area contributed by atoms with E-state index in [0.29, 0.717) is 31.4 Å². The molecule has 19 heavy (non-hydrogen) atoms. The number of nitrogens with one attached hydrogen (secondary N) is 2. The molecular weight excluding hydrogens is 240 g/mol. The largest absolute Gasteiger partial charge is 0.374 e. The standard InChI is InChI=1S/C15H30N2O2/c1-5-19-15(3,4)11-17-14(18)9-12(2)13-7-6-8-16-10-13/h12-13,16H,5-11H2,1-4H3,(H,17,18). The highest BCUT2D eigenvalue weighted by Crippen LogP contribution is 2.22. The summed E-state index contributed by atoms with van der Waals surface area (Å²) in [7, 11) is 0. The second-order valence-corrected chi connectivity index (χ2v) is 6.26. The van der Waals surface area contributed by atoms with E-state index in [2.05, 4.69) is 17.6 Å². The minimum Gasteiger partial charge on any atom is -0.374 e. The highest BCUT2D eigenvalue weighted by molar-refractivity contribution is 5.76. The van der Waals surface area contributed by atoms with Crippen molar-refractivity contribution in [2.45, 2.75) is 52.6 Å². The van der Waals surface area contributed by atoms with E-state index in [1.54, 1.807) is 0 Å². The molecule has 0 aromatic rings. The molecule has 112 valence electrons. The van der Waals surface area contributed by atoms with Gasteiger partial charge in [0.25, 0.3) is 0 Å². The van der Waals surface area contributed by atoms with Crippen molar-refractivity contribution < 1.29 is 9.53 Å². The van der Waals surface area contributed by atoms with Gasteiger partial charge < -0.3 is 15.4 Å². The molecule has 1 amide bonds. The van der Waals surface area contributed by atoms with E-state index in [1.807, 2.05) is 20.8 Å². The van der Waals surface area contributed by atoms with Gasteiger partial charge in [-0.05, 0) is 58.5 Å². The lowest BCUT2D eigenvalue weighted by Crippen LogP contribution is -2.41. The first kappa shape index (κ1) is 16.4. The summed E-state index contributed by atoms with van der Waals surface area (Å²) in [5.74, 6) is 1.23. The van der Waals surface area contributed by atoms with Gasteiger partial charge in [-0.1, -0.05) is 6.92 Å². The molecule has 0 saturated carbocycles. The molecule has 1 aliphatic heterocycles. The van der Waals surface area contributed by atoms with Crippen molar-refractivity contribution in [3.63, 3.8) is 0 Å². The molecule has 2 atom stereocenters. The number of piperidine rings is 1. The van der Waals surface area contributed by atoms with E-state index in [0.717, 1.165) is 13.1 Å². The van der Waals surface area contributed by atoms with Crippen molar-refractivity contribution in [1.82, 2.24) is 10.6 Å². The van der Waals surface area contributed by atoms with E-state index in [4.69, 9.17) is 4.74 Å². The van der Waals surface area contributed by atoms with E-state index < -0.39 is 0 Å². The number of carbonyl (C=O) groups excluding carboxylic acids is 1. The average molecular weight is 270 g/mol. The fraction of sp³-hybridized carbons (Fsp3) is 0.933. The summed E-state index contributed by atoms with van der Waals surface area (Å²) in [6, 6.07) is 0. The Morgan fingerprint density at radius 2 is 2.26 bits per heavy atom. The van der Waals surface area contributed by atoms with Crippen LogP contribution in [0.25, 0.3) is 0 Å². The third-order valence-corrected chi connectivity index (χ3v) is 3.89. The normalized spacial score (nSPS) is 22.0. The Labute approximate surface area is 117 Å². The molecule has 0 aromatic heterocycles. The summed E-state index contributed by atoms with van der Waals surface area (Å²) in [4.78, 5) is 12.0. The van der Waals surface area contributed by atoms with Gasteiger partial charge in [0.15, 0.2) is 0 Å². The molecule has 2 unspecified atom stereocenters. The molecule has 1 saturated heterocycles. The molecule has 0 bridgehead atoms. The summed E-state index contributed by atoms with van der Waals surface area (Å²) >= 11 is 0. The van der Waals surface area contributed by atoms with Crippen LogP contribution in [0.1, 0.15) is 47.0 Å². The van der Waals surface area contributed by atoms with Crippen LogP contribution in [0, 0.1) is 11.8 Å². The van der Waals surface area contributed by atoms with Crippen LogP contribution in [0.4, 0.5) is 0 Å². The smallest absolute Gasteiger partial charge is 0.220 e. The lowest BCUT2D eigenvalue weighted by molar-refractivity contribution is -0.123. The molecule has 1 fully saturated rings. The molecule has 1 heterocycles. The first-order chi connectivity index (χ1) is 8.94. The van der Waals surface area contributed by atoms with E-state index in [9.17, 15) is 4.79 Å². The Hall–Kier alpha value is -0.610. The number of hydrogen-bond acceptors (Lipinski definition) is 3. The molecule has 1 aliphatic rings. The number of rotatable bonds is 7. The second kappa shape index (κ2) is 7.85. The van der Waals surface area contributed by atoms with Crippen LogP contribution < -0.4 is 10.6 Å². The summed E-state index contributed by atoms with van der Waals surface area (Å²) < 4.78 is 5.58. The maximum absolute atomic E-state index is 12.0. The zero-order chi connectivity index (χ0) is 14.3. The highest BCUT2D eigenvalue weighted by atomic mass is 16.5. The van der Waals surface area contributed by atoms with Gasteiger partial charge in [0.05, 0.1) is 5.60 Å². The Balaban J connectivity index is 2.26. The van der Waals surface area contributed by atoms with E-state index in [-0.39, 0.29) is 11.5 Å². The van der Waals surface area contributed by atoms with Crippen LogP contribution in [-0.4, -0.2) is 37.7 Å². The number of carbonyl (C=O) groups is 1. The molecule has 0 radical (unpaired) electrons. The predicted octanol–water partition coefficient (Wildman–Crippen LogP) is 1.94. The topological polar surface area (TPSA) is 50.4 Å². The Bertz CT molecular complexity index is 273. The number of ether oxygens (including phenoxy) is 1. The van der Waals surface area contributed by atoms with Gasteiger partial charge in [0, 0.05) is 19.6 Å². The quantitative estimate of drug-likeness (QED) is 0.743. The second-order valence-electron chi connectivity index (χ2n) is 6.26. The minimum atomic E-state index is -0.278. The summed E-state index contributed by atoms with van der Waals surface area (Å²) in [6.07, 6.45) is 3.09. The van der Waals surface area contributed by atoms with Crippen molar-refractivity contribution in [2.24, 2.45) is 11.8 Å². The zero-order valence-corrected chi connectivity index (χ0v) is 12.9. The molecular formula is C15H30N2O2. The van der Waals surface area contributed by atoms with Crippen LogP contribution in [-0.2, 0) is 9.53 Å². The summed E-state index contributed by atoms with van der Waals surface area (Å²) in [5, 5.41) is 6.40. The monoisotopic (exact) mass is 270 g/mol. The predicted molar refractivity (Wildman–Crippen MR) is 78.1 cm³/mol. The van der Waals surface area contributed by atoms with Gasteiger partial charge >= 0.3 is 0 Å². The lowest BCUT2D eigenvalue weighted by Gasteiger charge is -2.29. The molecule has 0 spiro atoms. The van der Waals surface area contributed by atoms with Crippen molar-refractivity contribution in [3.05, 3.63) is 0 Å². The van der Waals surface area contributed by atoms with Crippen LogP contribution >= 0.6 is 0 Å². The van der Waals surface area contributed by atoms with Gasteiger partial charge in [-0.15, -0.1) is 0 Å². The Morgan fingerprint density at radius 1 is 1.53 bits per heavy atom. The molecule has 2 N–H and O–H groups in total. The maximum Gasteiger partial charge on any atom is 0.220 e. The van der Waals surface area contributed by atoms with Crippen molar-refractivity contribution in [3.8, 4) is 0 Å². The SMILES string of the molecule is CCOC(C)(C)CNC(=O)CC(C)C1CCCNC1. The molecule has 4 nitrogen and oxygen atoms in total. The molecule has 0 aliphatic carbocycles. The van der Waals surface area contributed by atoms with Gasteiger partial charge in [0.1, 0.15) is 0 Å². The van der Waals surface area contributed by atoms with E-state index in [1.165, 1.54) is 12.8 Å². The maximum atomic E-state index is 12.0.